The van der Waals surface area contributed by atoms with Gasteiger partial charge in [-0.1, -0.05) is 6.42 Å². The van der Waals surface area contributed by atoms with Gasteiger partial charge in [-0.2, -0.15) is 0 Å². The molecule has 2 unspecified atom stereocenters. The van der Waals surface area contributed by atoms with Crippen LogP contribution in [0.1, 0.15) is 36.0 Å². The van der Waals surface area contributed by atoms with E-state index >= 15 is 0 Å². The lowest BCUT2D eigenvalue weighted by Crippen LogP contribution is -2.32. The average Bonchev–Trinajstić information content (AvgIpc) is 2.35. The third-order valence-corrected chi connectivity index (χ3v) is 3.83. The van der Waals surface area contributed by atoms with Crippen molar-refractivity contribution < 1.29 is 15.0 Å². The van der Waals surface area contributed by atoms with E-state index in [4.69, 9.17) is 11.6 Å². The summed E-state index contributed by atoms with van der Waals surface area (Å²) in [4.78, 5) is 11.9. The molecule has 1 aromatic rings. The van der Waals surface area contributed by atoms with Crippen LogP contribution in [-0.4, -0.2) is 28.0 Å². The highest BCUT2D eigenvalue weighted by atomic mass is 35.5. The molecule has 1 aliphatic rings. The van der Waals surface area contributed by atoms with Crippen LogP contribution in [0.5, 0.6) is 11.5 Å². The predicted molar refractivity (Wildman–Crippen MR) is 73.7 cm³/mol. The number of amides is 1. The summed E-state index contributed by atoms with van der Waals surface area (Å²) in [5, 5.41) is 21.7. The van der Waals surface area contributed by atoms with Crippen LogP contribution >= 0.6 is 11.6 Å². The molecule has 0 heterocycles. The van der Waals surface area contributed by atoms with Crippen molar-refractivity contribution in [3.63, 3.8) is 0 Å². The Bertz CT molecular complexity index is 444. The van der Waals surface area contributed by atoms with E-state index in [9.17, 15) is 15.0 Å². The molecule has 0 aliphatic heterocycles. The van der Waals surface area contributed by atoms with E-state index in [-0.39, 0.29) is 28.3 Å². The van der Waals surface area contributed by atoms with Gasteiger partial charge in [0, 0.05) is 23.6 Å². The summed E-state index contributed by atoms with van der Waals surface area (Å²) < 4.78 is 0. The Morgan fingerprint density at radius 3 is 2.58 bits per heavy atom. The lowest BCUT2D eigenvalue weighted by atomic mass is 9.89. The maximum absolute atomic E-state index is 11.9. The van der Waals surface area contributed by atoms with Gasteiger partial charge >= 0.3 is 0 Å². The number of carbonyl (C=O) groups excluding carboxylic acids is 1. The van der Waals surface area contributed by atoms with E-state index < -0.39 is 0 Å². The monoisotopic (exact) mass is 283 g/mol. The summed E-state index contributed by atoms with van der Waals surface area (Å²) in [5.41, 5.74) is 0.260. The molecule has 4 nitrogen and oxygen atoms in total. The van der Waals surface area contributed by atoms with Crippen LogP contribution in [0.4, 0.5) is 0 Å². The van der Waals surface area contributed by atoms with E-state index in [2.05, 4.69) is 5.32 Å². The first-order chi connectivity index (χ1) is 9.04. The van der Waals surface area contributed by atoms with Crippen LogP contribution in [0.15, 0.2) is 18.2 Å². The minimum absolute atomic E-state index is 0.122. The minimum Gasteiger partial charge on any atom is -0.508 e. The Morgan fingerprint density at radius 1 is 1.26 bits per heavy atom. The van der Waals surface area contributed by atoms with Gasteiger partial charge in [-0.15, -0.1) is 11.6 Å². The lowest BCUT2D eigenvalue weighted by molar-refractivity contribution is 0.0943. The standard InChI is InChI=1S/C14H18ClNO3/c15-11-3-1-2-9(4-11)8-16-14(19)10-5-12(17)7-13(18)6-10/h5-7,9,11,17-18H,1-4,8H2,(H,16,19). The normalized spacial score (nSPS) is 23.0. The molecule has 3 N–H and O–H groups in total. The van der Waals surface area contributed by atoms with Crippen LogP contribution < -0.4 is 5.32 Å². The van der Waals surface area contributed by atoms with Gasteiger partial charge in [-0.05, 0) is 37.3 Å². The van der Waals surface area contributed by atoms with Gasteiger partial charge in [-0.3, -0.25) is 4.79 Å². The topological polar surface area (TPSA) is 69.6 Å². The molecule has 5 heteroatoms. The van der Waals surface area contributed by atoms with E-state index in [0.29, 0.717) is 12.5 Å². The first-order valence-electron chi connectivity index (χ1n) is 6.50. The molecule has 104 valence electrons. The number of halogens is 1. The molecular weight excluding hydrogens is 266 g/mol. The molecule has 1 aromatic carbocycles. The summed E-state index contributed by atoms with van der Waals surface area (Å²) in [6.45, 7) is 0.582. The summed E-state index contributed by atoms with van der Waals surface area (Å²) in [7, 11) is 0. The van der Waals surface area contributed by atoms with Crippen LogP contribution in [0, 0.1) is 5.92 Å². The predicted octanol–water partition coefficient (Wildman–Crippen LogP) is 2.63. The number of carbonyl (C=O) groups is 1. The molecule has 2 atom stereocenters. The number of aromatic hydroxyl groups is 2. The van der Waals surface area contributed by atoms with Gasteiger partial charge in [0.05, 0.1) is 0 Å². The number of phenols is 2. The first kappa shape index (κ1) is 14.0. The second-order valence-electron chi connectivity index (χ2n) is 5.08. The fourth-order valence-corrected chi connectivity index (χ4v) is 2.88. The number of alkyl halides is 1. The molecule has 1 saturated carbocycles. The number of hydrogen-bond acceptors (Lipinski definition) is 3. The number of benzene rings is 1. The fraction of sp³-hybridized carbons (Fsp3) is 0.500. The highest BCUT2D eigenvalue weighted by Crippen LogP contribution is 2.27. The Labute approximate surface area is 117 Å². The third-order valence-electron chi connectivity index (χ3n) is 3.43. The molecule has 19 heavy (non-hydrogen) atoms. The molecule has 0 radical (unpaired) electrons. The van der Waals surface area contributed by atoms with Crippen LogP contribution in [0.3, 0.4) is 0 Å². The van der Waals surface area contributed by atoms with Gasteiger partial charge in [0.25, 0.3) is 5.91 Å². The van der Waals surface area contributed by atoms with E-state index in [1.807, 2.05) is 0 Å². The van der Waals surface area contributed by atoms with Crippen LogP contribution in [-0.2, 0) is 0 Å². The summed E-state index contributed by atoms with van der Waals surface area (Å²) >= 11 is 6.11. The van der Waals surface area contributed by atoms with Gasteiger partial charge in [0.2, 0.25) is 0 Å². The van der Waals surface area contributed by atoms with Crippen molar-refractivity contribution in [3.05, 3.63) is 23.8 Å². The van der Waals surface area contributed by atoms with Crippen LogP contribution in [0.25, 0.3) is 0 Å². The minimum atomic E-state index is -0.289. The highest BCUT2D eigenvalue weighted by molar-refractivity contribution is 6.20. The summed E-state index contributed by atoms with van der Waals surface area (Å²) in [6, 6.07) is 3.86. The average molecular weight is 284 g/mol. The zero-order chi connectivity index (χ0) is 13.8. The maximum Gasteiger partial charge on any atom is 0.251 e. The molecule has 0 saturated heterocycles. The van der Waals surface area contributed by atoms with Crippen LogP contribution in [0.2, 0.25) is 0 Å². The van der Waals surface area contributed by atoms with Gasteiger partial charge in [0.15, 0.2) is 0 Å². The van der Waals surface area contributed by atoms with Crippen molar-refractivity contribution in [2.75, 3.05) is 6.54 Å². The van der Waals surface area contributed by atoms with E-state index in [1.165, 1.54) is 18.2 Å². The molecular formula is C14H18ClNO3. The van der Waals surface area contributed by atoms with Gasteiger partial charge < -0.3 is 15.5 Å². The third kappa shape index (κ3) is 4.03. The fourth-order valence-electron chi connectivity index (χ4n) is 2.48. The van der Waals surface area contributed by atoms with Gasteiger partial charge in [0.1, 0.15) is 11.5 Å². The number of nitrogens with one attached hydrogen (secondary N) is 1. The quantitative estimate of drug-likeness (QED) is 0.747. The lowest BCUT2D eigenvalue weighted by Gasteiger charge is -2.25. The smallest absolute Gasteiger partial charge is 0.251 e. The molecule has 1 aliphatic carbocycles. The Kier molecular flexibility index (Phi) is 4.53. The summed E-state index contributed by atoms with van der Waals surface area (Å²) in [6.07, 6.45) is 4.15. The van der Waals surface area contributed by atoms with E-state index in [0.717, 1.165) is 25.7 Å². The zero-order valence-electron chi connectivity index (χ0n) is 10.6. The number of phenolic OH excluding ortho intramolecular Hbond substituents is 2. The molecule has 0 aromatic heterocycles. The molecule has 0 bridgehead atoms. The molecule has 0 spiro atoms. The van der Waals surface area contributed by atoms with Crippen molar-refractivity contribution in [1.29, 1.82) is 0 Å². The number of hydrogen-bond donors (Lipinski definition) is 3. The van der Waals surface area contributed by atoms with Gasteiger partial charge in [-0.25, -0.2) is 0 Å². The SMILES string of the molecule is O=C(NCC1CCCC(Cl)C1)c1cc(O)cc(O)c1. The molecule has 2 rings (SSSR count). The van der Waals surface area contributed by atoms with Crippen molar-refractivity contribution in [1.82, 2.24) is 5.32 Å². The summed E-state index contributed by atoms with van der Waals surface area (Å²) in [5.74, 6) is -0.124. The second kappa shape index (κ2) is 6.15. The number of rotatable bonds is 3. The van der Waals surface area contributed by atoms with Crippen molar-refractivity contribution >= 4 is 17.5 Å². The van der Waals surface area contributed by atoms with E-state index in [1.54, 1.807) is 0 Å². The Morgan fingerprint density at radius 2 is 1.95 bits per heavy atom. The Balaban J connectivity index is 1.90. The first-order valence-corrected chi connectivity index (χ1v) is 6.93. The maximum atomic E-state index is 11.9. The largest absolute Gasteiger partial charge is 0.508 e. The highest BCUT2D eigenvalue weighted by Gasteiger charge is 2.21. The Hall–Kier alpha value is -1.42. The molecule has 1 fully saturated rings. The van der Waals surface area contributed by atoms with Crippen molar-refractivity contribution in [2.24, 2.45) is 5.92 Å². The van der Waals surface area contributed by atoms with Crippen molar-refractivity contribution in [3.8, 4) is 11.5 Å². The second-order valence-corrected chi connectivity index (χ2v) is 5.70. The zero-order valence-corrected chi connectivity index (χ0v) is 11.4. The van der Waals surface area contributed by atoms with Crippen molar-refractivity contribution in [2.45, 2.75) is 31.1 Å². The molecule has 1 amide bonds.